The molecule has 0 heterocycles. The lowest BCUT2D eigenvalue weighted by Gasteiger charge is -2.44. The molecule has 0 bridgehead atoms. The second-order valence-electron chi connectivity index (χ2n) is 12.5. The Morgan fingerprint density at radius 1 is 1.17 bits per heavy atom. The average molecular weight is 501 g/mol. The molecular formula is C31H48O5. The zero-order valence-electron chi connectivity index (χ0n) is 23.2. The lowest BCUT2D eigenvalue weighted by Crippen LogP contribution is -2.39. The molecule has 3 fully saturated rings. The summed E-state index contributed by atoms with van der Waals surface area (Å²) in [5.74, 6) is 0.916. The number of ether oxygens (including phenoxy) is 1. The Hall–Kier alpha value is -1.69. The average Bonchev–Trinajstić information content (AvgIpc) is 3.15. The Labute approximate surface area is 218 Å². The molecule has 0 spiro atoms. The van der Waals surface area contributed by atoms with Crippen LogP contribution in [-0.2, 0) is 9.53 Å². The van der Waals surface area contributed by atoms with E-state index in [1.807, 2.05) is 13.8 Å². The summed E-state index contributed by atoms with van der Waals surface area (Å²) in [6.07, 6.45) is 12.6. The van der Waals surface area contributed by atoms with E-state index in [-0.39, 0.29) is 23.4 Å². The largest absolute Gasteiger partial charge is 0.462 e. The van der Waals surface area contributed by atoms with E-state index in [4.69, 9.17) is 4.74 Å². The van der Waals surface area contributed by atoms with Crippen LogP contribution in [0.5, 0.6) is 0 Å². The molecular weight excluding hydrogens is 452 g/mol. The maximum Gasteiger partial charge on any atom is 0.314 e. The van der Waals surface area contributed by atoms with Crippen LogP contribution in [0, 0.1) is 28.6 Å². The van der Waals surface area contributed by atoms with Gasteiger partial charge in [0.2, 0.25) is 0 Å². The fraction of sp³-hybridized carbons (Fsp3) is 0.710. The number of carbonyl (C=O) groups is 1. The number of aliphatic hydroxyl groups is 3. The van der Waals surface area contributed by atoms with Crippen molar-refractivity contribution in [1.29, 1.82) is 0 Å². The summed E-state index contributed by atoms with van der Waals surface area (Å²) in [6, 6.07) is 0. The van der Waals surface area contributed by atoms with E-state index in [1.54, 1.807) is 19.9 Å². The lowest BCUT2D eigenvalue weighted by atomic mass is 9.61. The zero-order valence-corrected chi connectivity index (χ0v) is 23.2. The summed E-state index contributed by atoms with van der Waals surface area (Å²) in [4.78, 5) is 12.5. The maximum atomic E-state index is 12.5. The van der Waals surface area contributed by atoms with Crippen molar-refractivity contribution in [3.8, 4) is 0 Å². The van der Waals surface area contributed by atoms with Crippen LogP contribution < -0.4 is 0 Å². The molecule has 3 saturated carbocycles. The van der Waals surface area contributed by atoms with Crippen molar-refractivity contribution in [2.75, 3.05) is 0 Å². The Balaban J connectivity index is 1.72. The van der Waals surface area contributed by atoms with E-state index >= 15 is 0 Å². The van der Waals surface area contributed by atoms with Crippen molar-refractivity contribution in [3.05, 3.63) is 47.6 Å². The van der Waals surface area contributed by atoms with Crippen LogP contribution in [0.4, 0.5) is 0 Å². The number of carbonyl (C=O) groups excluding carboxylic acids is 1. The van der Waals surface area contributed by atoms with Gasteiger partial charge in [-0.3, -0.25) is 4.79 Å². The molecule has 0 aromatic carbocycles. The van der Waals surface area contributed by atoms with E-state index < -0.39 is 23.7 Å². The van der Waals surface area contributed by atoms with Crippen molar-refractivity contribution in [2.45, 2.75) is 111 Å². The van der Waals surface area contributed by atoms with Gasteiger partial charge in [-0.2, -0.15) is 0 Å². The highest BCUT2D eigenvalue weighted by Gasteiger charge is 2.50. The number of hydrogen-bond acceptors (Lipinski definition) is 5. The van der Waals surface area contributed by atoms with E-state index in [0.29, 0.717) is 24.7 Å². The summed E-state index contributed by atoms with van der Waals surface area (Å²) in [6.45, 7) is 15.8. The molecule has 5 nitrogen and oxygen atoms in total. The Morgan fingerprint density at radius 2 is 1.86 bits per heavy atom. The monoisotopic (exact) mass is 500 g/mol. The van der Waals surface area contributed by atoms with Crippen molar-refractivity contribution in [2.24, 2.45) is 28.6 Å². The van der Waals surface area contributed by atoms with Gasteiger partial charge in [0.05, 0.1) is 29.8 Å². The molecule has 3 N–H and O–H groups in total. The summed E-state index contributed by atoms with van der Waals surface area (Å²) in [5.41, 5.74) is 2.35. The molecule has 7 unspecified atom stereocenters. The Kier molecular flexibility index (Phi) is 9.12. The molecule has 3 aliphatic carbocycles. The van der Waals surface area contributed by atoms with Crippen LogP contribution in [0.25, 0.3) is 0 Å². The predicted molar refractivity (Wildman–Crippen MR) is 144 cm³/mol. The summed E-state index contributed by atoms with van der Waals surface area (Å²) in [5, 5.41) is 31.1. The quantitative estimate of drug-likeness (QED) is 0.310. The van der Waals surface area contributed by atoms with E-state index in [2.05, 4.69) is 38.7 Å². The topological polar surface area (TPSA) is 87.0 Å². The van der Waals surface area contributed by atoms with E-state index in [0.717, 1.165) is 36.8 Å². The van der Waals surface area contributed by atoms with Gasteiger partial charge >= 0.3 is 5.97 Å². The van der Waals surface area contributed by atoms with Crippen molar-refractivity contribution in [1.82, 2.24) is 0 Å². The van der Waals surface area contributed by atoms with Gasteiger partial charge in [-0.05, 0) is 101 Å². The Bertz CT molecular complexity index is 910. The normalized spacial score (nSPS) is 35.4. The van der Waals surface area contributed by atoms with E-state index in [9.17, 15) is 20.1 Å². The van der Waals surface area contributed by atoms with Crippen LogP contribution in [0.15, 0.2) is 47.6 Å². The number of esters is 1. The van der Waals surface area contributed by atoms with E-state index in [1.165, 1.54) is 12.0 Å². The van der Waals surface area contributed by atoms with Gasteiger partial charge < -0.3 is 20.1 Å². The number of allylic oxidation sites excluding steroid dienone is 4. The number of rotatable bonds is 7. The molecule has 0 aromatic rings. The highest BCUT2D eigenvalue weighted by atomic mass is 16.5. The molecule has 0 aliphatic heterocycles. The second kappa shape index (κ2) is 11.4. The van der Waals surface area contributed by atoms with Gasteiger partial charge in [-0.15, -0.1) is 0 Å². The first-order valence-corrected chi connectivity index (χ1v) is 13.8. The highest BCUT2D eigenvalue weighted by molar-refractivity contribution is 5.77. The molecule has 0 amide bonds. The first-order chi connectivity index (χ1) is 16.8. The number of hydrogen-bond donors (Lipinski definition) is 3. The number of fused-ring (bicyclic) bond motifs is 1. The molecule has 0 saturated heterocycles. The van der Waals surface area contributed by atoms with Gasteiger partial charge in [0.25, 0.3) is 0 Å². The molecule has 202 valence electrons. The van der Waals surface area contributed by atoms with Gasteiger partial charge in [0.15, 0.2) is 0 Å². The second-order valence-corrected chi connectivity index (χ2v) is 12.5. The molecule has 7 atom stereocenters. The molecule has 36 heavy (non-hydrogen) atoms. The first-order valence-electron chi connectivity index (χ1n) is 13.8. The predicted octanol–water partition coefficient (Wildman–Crippen LogP) is 5.66. The summed E-state index contributed by atoms with van der Waals surface area (Å²) < 4.78 is 5.35. The number of aliphatic hydroxyl groups excluding tert-OH is 3. The minimum Gasteiger partial charge on any atom is -0.462 e. The molecule has 3 aliphatic rings. The van der Waals surface area contributed by atoms with Gasteiger partial charge in [-0.1, -0.05) is 50.3 Å². The maximum absolute atomic E-state index is 12.5. The zero-order chi connectivity index (χ0) is 26.8. The van der Waals surface area contributed by atoms with Gasteiger partial charge in [-0.25, -0.2) is 0 Å². The van der Waals surface area contributed by atoms with Crippen LogP contribution in [0.1, 0.15) is 86.5 Å². The van der Waals surface area contributed by atoms with Crippen molar-refractivity contribution >= 4 is 5.97 Å². The highest BCUT2D eigenvalue weighted by Crippen LogP contribution is 2.59. The smallest absolute Gasteiger partial charge is 0.314 e. The minimum absolute atomic E-state index is 0.186. The van der Waals surface area contributed by atoms with Crippen LogP contribution in [-0.4, -0.2) is 45.7 Å². The molecule has 0 aromatic heterocycles. The summed E-state index contributed by atoms with van der Waals surface area (Å²) >= 11 is 0. The van der Waals surface area contributed by atoms with Crippen molar-refractivity contribution < 1.29 is 24.9 Å². The lowest BCUT2D eigenvalue weighted by molar-refractivity contribution is -0.162. The van der Waals surface area contributed by atoms with Crippen LogP contribution >= 0.6 is 0 Å². The molecule has 5 heteroatoms. The fourth-order valence-corrected chi connectivity index (χ4v) is 6.75. The third kappa shape index (κ3) is 6.06. The third-order valence-electron chi connectivity index (χ3n) is 9.14. The van der Waals surface area contributed by atoms with Crippen LogP contribution in [0.2, 0.25) is 0 Å². The summed E-state index contributed by atoms with van der Waals surface area (Å²) in [7, 11) is 0. The Morgan fingerprint density at radius 3 is 2.53 bits per heavy atom. The first kappa shape index (κ1) is 28.9. The van der Waals surface area contributed by atoms with Gasteiger partial charge in [0, 0.05) is 6.42 Å². The molecule has 3 rings (SSSR count). The molecule has 0 radical (unpaired) electrons. The minimum atomic E-state index is -0.999. The third-order valence-corrected chi connectivity index (χ3v) is 9.14. The standard InChI is InChI=1S/C31H48O5/c1-19(2)36-29(35)30(5,6)28(34)15-10-20(3)25-13-14-26-22(9-8-16-31(25,26)7)11-12-23-17-24(32)18-27(33)21(23)4/h10-12,15,19-20,24-28,32-34H,4,8-9,13-14,16-18H2,1-3,5-7H3. The van der Waals surface area contributed by atoms with Crippen molar-refractivity contribution in [3.63, 3.8) is 0 Å². The van der Waals surface area contributed by atoms with Crippen LogP contribution in [0.3, 0.4) is 0 Å². The fourth-order valence-electron chi connectivity index (χ4n) is 6.75. The SMILES string of the molecule is C=C1C(=CC=C2CCCC3(C)C2CCC3C(C)C=CC(O)C(C)(C)C(=O)OC(C)C)CC(O)CC1O. The van der Waals surface area contributed by atoms with Gasteiger partial charge in [0.1, 0.15) is 0 Å².